The molecule has 2 rings (SSSR count). The van der Waals surface area contributed by atoms with E-state index >= 15 is 0 Å². The van der Waals surface area contributed by atoms with Crippen LogP contribution in [0.2, 0.25) is 0 Å². The number of ether oxygens (including phenoxy) is 3. The van der Waals surface area contributed by atoms with Crippen LogP contribution in [0.4, 0.5) is 4.79 Å². The molecule has 8 nitrogen and oxygen atoms in total. The molecular weight excluding hydrogens is 402 g/mol. The molecule has 0 fully saturated rings. The van der Waals surface area contributed by atoms with Crippen LogP contribution in [0.25, 0.3) is 11.0 Å². The number of fused-ring (bicyclic) bond motifs is 1. The van der Waals surface area contributed by atoms with Crippen LogP contribution in [0.15, 0.2) is 22.6 Å². The van der Waals surface area contributed by atoms with Gasteiger partial charge in [-0.2, -0.15) is 0 Å². The van der Waals surface area contributed by atoms with Crippen LogP contribution in [-0.2, 0) is 16.1 Å². The summed E-state index contributed by atoms with van der Waals surface area (Å²) in [4.78, 5) is 26.2. The first kappa shape index (κ1) is 24.5. The molecule has 2 aromatic rings. The fourth-order valence-electron chi connectivity index (χ4n) is 3.13. The van der Waals surface area contributed by atoms with Gasteiger partial charge in [-0.1, -0.05) is 6.07 Å². The minimum Gasteiger partial charge on any atom is -0.493 e. The Labute approximate surface area is 183 Å². The maximum absolute atomic E-state index is 12.6. The van der Waals surface area contributed by atoms with E-state index in [0.717, 1.165) is 0 Å². The summed E-state index contributed by atoms with van der Waals surface area (Å²) in [6, 6.07) is 5.18. The zero-order valence-electron chi connectivity index (χ0n) is 19.4. The summed E-state index contributed by atoms with van der Waals surface area (Å²) >= 11 is 0. The number of hydrogen-bond donors (Lipinski definition) is 1. The Morgan fingerprint density at radius 1 is 1.13 bits per heavy atom. The molecule has 0 atom stereocenters. The number of methoxy groups -OCH3 is 1. The van der Waals surface area contributed by atoms with Crippen molar-refractivity contribution in [2.45, 2.75) is 65.7 Å². The summed E-state index contributed by atoms with van der Waals surface area (Å²) < 4.78 is 21.8. The molecule has 0 saturated heterocycles. The number of benzene rings is 1. The standard InChI is InChI=1S/C23H33NO7/c1-22(2,3)24(21(27)31-23(4,5)6)12-9-13-29-16-10-8-11-17-18(16)15(14-25)19(30-17)20(26)28-7/h8,10-11,25H,9,12-14H2,1-7H3. The highest BCUT2D eigenvalue weighted by atomic mass is 16.6. The molecule has 0 aliphatic carbocycles. The van der Waals surface area contributed by atoms with E-state index < -0.39 is 23.7 Å². The van der Waals surface area contributed by atoms with Gasteiger partial charge in [-0.15, -0.1) is 0 Å². The Morgan fingerprint density at radius 2 is 1.81 bits per heavy atom. The zero-order chi connectivity index (χ0) is 23.4. The lowest BCUT2D eigenvalue weighted by molar-refractivity contribution is 0.00520. The Kier molecular flexibility index (Phi) is 7.59. The van der Waals surface area contributed by atoms with Crippen molar-refractivity contribution in [1.29, 1.82) is 0 Å². The number of furan rings is 1. The normalized spacial score (nSPS) is 12.0. The van der Waals surface area contributed by atoms with Crippen molar-refractivity contribution in [3.05, 3.63) is 29.5 Å². The predicted octanol–water partition coefficient (Wildman–Crippen LogP) is 4.52. The third kappa shape index (κ3) is 6.13. The molecular formula is C23H33NO7. The molecule has 31 heavy (non-hydrogen) atoms. The molecule has 0 saturated carbocycles. The van der Waals surface area contributed by atoms with Gasteiger partial charge in [-0.05, 0) is 60.1 Å². The first-order valence-electron chi connectivity index (χ1n) is 10.3. The monoisotopic (exact) mass is 435 g/mol. The van der Waals surface area contributed by atoms with Crippen LogP contribution in [0.3, 0.4) is 0 Å². The number of hydrogen-bond acceptors (Lipinski definition) is 7. The number of nitrogens with zero attached hydrogens (tertiary/aromatic N) is 1. The number of carbonyl (C=O) groups is 2. The lowest BCUT2D eigenvalue weighted by Gasteiger charge is -2.36. The summed E-state index contributed by atoms with van der Waals surface area (Å²) in [6.45, 7) is 11.7. The highest BCUT2D eigenvalue weighted by Gasteiger charge is 2.30. The lowest BCUT2D eigenvalue weighted by Crippen LogP contribution is -2.48. The molecule has 8 heteroatoms. The van der Waals surface area contributed by atoms with Gasteiger partial charge >= 0.3 is 12.1 Å². The minimum absolute atomic E-state index is 0.0418. The fourth-order valence-corrected chi connectivity index (χ4v) is 3.13. The maximum atomic E-state index is 12.6. The van der Waals surface area contributed by atoms with Gasteiger partial charge in [-0.3, -0.25) is 0 Å². The molecule has 0 unspecified atom stereocenters. The van der Waals surface area contributed by atoms with Crippen molar-refractivity contribution < 1.29 is 33.3 Å². The smallest absolute Gasteiger partial charge is 0.410 e. The molecule has 0 spiro atoms. The Bertz CT molecular complexity index is 918. The van der Waals surface area contributed by atoms with E-state index in [1.807, 2.05) is 41.5 Å². The van der Waals surface area contributed by atoms with Gasteiger partial charge in [0.05, 0.1) is 25.7 Å². The highest BCUT2D eigenvalue weighted by Crippen LogP contribution is 2.34. The van der Waals surface area contributed by atoms with Crippen molar-refractivity contribution in [3.63, 3.8) is 0 Å². The molecule has 0 aliphatic rings. The van der Waals surface area contributed by atoms with Crippen molar-refractivity contribution in [3.8, 4) is 5.75 Å². The van der Waals surface area contributed by atoms with E-state index in [9.17, 15) is 14.7 Å². The second-order valence-electron chi connectivity index (χ2n) is 9.19. The summed E-state index contributed by atoms with van der Waals surface area (Å²) in [7, 11) is 1.25. The average molecular weight is 436 g/mol. The molecule has 0 aliphatic heterocycles. The van der Waals surface area contributed by atoms with Gasteiger partial charge in [0.1, 0.15) is 16.9 Å². The van der Waals surface area contributed by atoms with Gasteiger partial charge in [0.2, 0.25) is 5.76 Å². The molecule has 1 heterocycles. The summed E-state index contributed by atoms with van der Waals surface area (Å²) in [6.07, 6.45) is 0.186. The number of aliphatic hydroxyl groups excluding tert-OH is 1. The van der Waals surface area contributed by atoms with E-state index in [2.05, 4.69) is 0 Å². The largest absolute Gasteiger partial charge is 0.493 e. The van der Waals surface area contributed by atoms with E-state index in [-0.39, 0.29) is 11.9 Å². The first-order valence-corrected chi connectivity index (χ1v) is 10.3. The van der Waals surface area contributed by atoms with Crippen LogP contribution in [0, 0.1) is 0 Å². The van der Waals surface area contributed by atoms with Gasteiger partial charge in [0.15, 0.2) is 0 Å². The first-order chi connectivity index (χ1) is 14.4. The van der Waals surface area contributed by atoms with Crippen molar-refractivity contribution in [2.75, 3.05) is 20.3 Å². The van der Waals surface area contributed by atoms with Crippen LogP contribution in [-0.4, -0.2) is 53.5 Å². The maximum Gasteiger partial charge on any atom is 0.410 e. The number of rotatable bonds is 7. The third-order valence-electron chi connectivity index (χ3n) is 4.51. The van der Waals surface area contributed by atoms with Gasteiger partial charge < -0.3 is 28.6 Å². The van der Waals surface area contributed by atoms with Gasteiger partial charge in [-0.25, -0.2) is 9.59 Å². The minimum atomic E-state index is -0.663. The number of amides is 1. The molecule has 172 valence electrons. The Morgan fingerprint density at radius 3 is 2.35 bits per heavy atom. The lowest BCUT2D eigenvalue weighted by atomic mass is 10.1. The van der Waals surface area contributed by atoms with Crippen LogP contribution in [0.5, 0.6) is 5.75 Å². The summed E-state index contributed by atoms with van der Waals surface area (Å²) in [5, 5.41) is 10.3. The number of aliphatic hydroxyl groups is 1. The van der Waals surface area contributed by atoms with Crippen LogP contribution < -0.4 is 4.74 Å². The van der Waals surface area contributed by atoms with Crippen LogP contribution >= 0.6 is 0 Å². The molecule has 1 N–H and O–H groups in total. The fraction of sp³-hybridized carbons (Fsp3) is 0.565. The summed E-state index contributed by atoms with van der Waals surface area (Å²) in [5.74, 6) is -0.218. The van der Waals surface area contributed by atoms with Crippen molar-refractivity contribution in [2.24, 2.45) is 0 Å². The van der Waals surface area contributed by atoms with E-state index in [1.165, 1.54) is 7.11 Å². The van der Waals surface area contributed by atoms with E-state index in [0.29, 0.717) is 41.9 Å². The van der Waals surface area contributed by atoms with Gasteiger partial charge in [0.25, 0.3) is 0 Å². The third-order valence-corrected chi connectivity index (χ3v) is 4.51. The topological polar surface area (TPSA) is 98.4 Å². The molecule has 1 aromatic carbocycles. The Hall–Kier alpha value is -2.74. The van der Waals surface area contributed by atoms with Crippen LogP contribution in [0.1, 0.15) is 64.1 Å². The second-order valence-corrected chi connectivity index (χ2v) is 9.19. The summed E-state index contributed by atoms with van der Waals surface area (Å²) in [5.41, 5.74) is -0.243. The number of carbonyl (C=O) groups excluding carboxylic acids is 2. The average Bonchev–Trinajstić information content (AvgIpc) is 3.04. The van der Waals surface area contributed by atoms with Crippen molar-refractivity contribution >= 4 is 23.0 Å². The highest BCUT2D eigenvalue weighted by molar-refractivity contribution is 5.98. The van der Waals surface area contributed by atoms with Crippen molar-refractivity contribution in [1.82, 2.24) is 4.90 Å². The predicted molar refractivity (Wildman–Crippen MR) is 116 cm³/mol. The van der Waals surface area contributed by atoms with E-state index in [4.69, 9.17) is 18.6 Å². The molecule has 0 radical (unpaired) electrons. The quantitative estimate of drug-likeness (QED) is 0.504. The molecule has 0 bridgehead atoms. The zero-order valence-corrected chi connectivity index (χ0v) is 19.4. The second kappa shape index (κ2) is 9.60. The SMILES string of the molecule is COC(=O)c1oc2cccc(OCCCN(C(=O)OC(C)(C)C)C(C)(C)C)c2c1CO. The number of esters is 1. The molecule has 1 aromatic heterocycles. The molecule has 1 amide bonds. The van der Waals surface area contributed by atoms with E-state index in [1.54, 1.807) is 23.1 Å². The van der Waals surface area contributed by atoms with Gasteiger partial charge in [0, 0.05) is 17.6 Å². The Balaban J connectivity index is 2.13.